The summed E-state index contributed by atoms with van der Waals surface area (Å²) in [5, 5.41) is 17.5. The van der Waals surface area contributed by atoms with Gasteiger partial charge in [0.25, 0.3) is 11.5 Å². The molecule has 1 atom stereocenters. The second kappa shape index (κ2) is 13.6. The van der Waals surface area contributed by atoms with Gasteiger partial charge in [-0.3, -0.25) is 18.8 Å². The Hall–Kier alpha value is -5.12. The van der Waals surface area contributed by atoms with Gasteiger partial charge in [0, 0.05) is 18.6 Å². The van der Waals surface area contributed by atoms with Crippen molar-refractivity contribution >= 4 is 23.4 Å². The second-order valence-electron chi connectivity index (χ2n) is 9.04. The molecule has 0 radical (unpaired) electrons. The fraction of sp³-hybridized carbons (Fsp3) is 0.200. The molecule has 206 valence electrons. The maximum Gasteiger partial charge on any atom is 0.315 e. The number of nitrogens with zero attached hydrogens (tertiary/aromatic N) is 1. The van der Waals surface area contributed by atoms with Gasteiger partial charge in [-0.1, -0.05) is 60.7 Å². The highest BCUT2D eigenvalue weighted by Crippen LogP contribution is 2.18. The molecule has 2 aromatic heterocycles. The molecule has 10 heteroatoms. The lowest BCUT2D eigenvalue weighted by atomic mass is 10.0. The first-order valence-electron chi connectivity index (χ1n) is 12.8. The van der Waals surface area contributed by atoms with Gasteiger partial charge in [0.1, 0.15) is 11.3 Å². The molecule has 2 aromatic carbocycles. The highest BCUT2D eigenvalue weighted by Gasteiger charge is 2.21. The van der Waals surface area contributed by atoms with E-state index in [1.807, 2.05) is 30.3 Å². The van der Waals surface area contributed by atoms with Crippen LogP contribution in [0.5, 0.6) is 5.75 Å². The minimum Gasteiger partial charge on any atom is -0.492 e. The Morgan fingerprint density at radius 3 is 2.30 bits per heavy atom. The van der Waals surface area contributed by atoms with Crippen LogP contribution in [0.3, 0.4) is 0 Å². The molecule has 4 rings (SSSR count). The molecule has 3 amide bonds. The lowest BCUT2D eigenvalue weighted by Crippen LogP contribution is -2.36. The summed E-state index contributed by atoms with van der Waals surface area (Å²) >= 11 is 0. The largest absolute Gasteiger partial charge is 0.492 e. The van der Waals surface area contributed by atoms with Crippen LogP contribution in [0.25, 0.3) is 5.52 Å². The van der Waals surface area contributed by atoms with E-state index in [1.165, 1.54) is 16.7 Å². The summed E-state index contributed by atoms with van der Waals surface area (Å²) in [6, 6.07) is 23.7. The fourth-order valence-corrected chi connectivity index (χ4v) is 4.09. The minimum absolute atomic E-state index is 0.119. The van der Waals surface area contributed by atoms with E-state index < -0.39 is 23.5 Å². The first-order valence-corrected chi connectivity index (χ1v) is 12.8. The Bertz CT molecular complexity index is 1520. The lowest BCUT2D eigenvalue weighted by molar-refractivity contribution is -0.137. The predicted octanol–water partition coefficient (Wildman–Crippen LogP) is 3.51. The number of carboxylic acid groups (broad SMARTS) is 1. The van der Waals surface area contributed by atoms with Gasteiger partial charge in [-0.2, -0.15) is 0 Å². The highest BCUT2D eigenvalue weighted by molar-refractivity contribution is 5.94. The van der Waals surface area contributed by atoms with E-state index in [4.69, 9.17) is 4.74 Å². The number of fused-ring (bicyclic) bond motifs is 1. The molecule has 0 fully saturated rings. The number of carbonyl (C=O) groups is 3. The fourth-order valence-electron chi connectivity index (χ4n) is 4.09. The number of hydrogen-bond donors (Lipinski definition) is 4. The number of nitrogens with one attached hydrogen (secondary N) is 3. The van der Waals surface area contributed by atoms with E-state index in [2.05, 4.69) is 16.0 Å². The highest BCUT2D eigenvalue weighted by atomic mass is 16.5. The summed E-state index contributed by atoms with van der Waals surface area (Å²) in [6.45, 7) is 1.13. The van der Waals surface area contributed by atoms with Gasteiger partial charge in [0.05, 0.1) is 25.3 Å². The van der Waals surface area contributed by atoms with Crippen LogP contribution in [-0.2, 0) is 11.3 Å². The van der Waals surface area contributed by atoms with Crippen molar-refractivity contribution in [2.75, 3.05) is 13.2 Å². The molecular formula is C30H30N4O6. The van der Waals surface area contributed by atoms with Crippen LogP contribution in [0.2, 0.25) is 0 Å². The SMILES string of the molecule is O=C(O)CC(NC(=O)c1ccc2ccc(OCCCNC(=O)NCc3ccccc3)cn2c1=O)c1ccccc1. The van der Waals surface area contributed by atoms with Crippen molar-refractivity contribution < 1.29 is 24.2 Å². The van der Waals surface area contributed by atoms with E-state index in [-0.39, 0.29) is 18.0 Å². The zero-order chi connectivity index (χ0) is 28.3. The smallest absolute Gasteiger partial charge is 0.315 e. The molecule has 10 nitrogen and oxygen atoms in total. The number of hydrogen-bond acceptors (Lipinski definition) is 5. The standard InChI is InChI=1S/C30H30N4O6/c35-27(36)18-26(22-10-5-2-6-11-22)33-28(37)25-15-13-23-12-14-24(20-34(23)29(25)38)40-17-7-16-31-30(39)32-19-21-8-3-1-4-9-21/h1-6,8-15,20,26H,7,16-19H2,(H,33,37)(H,35,36)(H2,31,32,39). The number of benzene rings is 2. The number of pyridine rings is 2. The normalized spacial score (nSPS) is 11.4. The number of ether oxygens (including phenoxy) is 1. The van der Waals surface area contributed by atoms with E-state index in [0.29, 0.717) is 42.9 Å². The average molecular weight is 543 g/mol. The van der Waals surface area contributed by atoms with E-state index in [1.54, 1.807) is 48.5 Å². The number of carboxylic acids is 1. The summed E-state index contributed by atoms with van der Waals surface area (Å²) in [5.41, 5.74) is 1.52. The third-order valence-electron chi connectivity index (χ3n) is 6.12. The van der Waals surface area contributed by atoms with Gasteiger partial charge in [-0.05, 0) is 41.8 Å². The average Bonchev–Trinajstić information content (AvgIpc) is 2.96. The summed E-state index contributed by atoms with van der Waals surface area (Å²) in [4.78, 5) is 49.5. The summed E-state index contributed by atoms with van der Waals surface area (Å²) in [5.74, 6) is -1.32. The molecule has 0 aliphatic heterocycles. The van der Waals surface area contributed by atoms with Gasteiger partial charge in [0.2, 0.25) is 0 Å². The molecular weight excluding hydrogens is 512 g/mol. The number of rotatable bonds is 12. The monoisotopic (exact) mass is 542 g/mol. The van der Waals surface area contributed by atoms with Crippen molar-refractivity contribution in [2.45, 2.75) is 25.4 Å². The van der Waals surface area contributed by atoms with Gasteiger partial charge >= 0.3 is 12.0 Å². The quantitative estimate of drug-likeness (QED) is 0.202. The van der Waals surface area contributed by atoms with Crippen LogP contribution in [0, 0.1) is 0 Å². The number of aliphatic carboxylic acids is 1. The topological polar surface area (TPSA) is 138 Å². The third-order valence-corrected chi connectivity index (χ3v) is 6.12. The first kappa shape index (κ1) is 27.9. The second-order valence-corrected chi connectivity index (χ2v) is 9.04. The molecule has 1 unspecified atom stereocenters. The van der Waals surface area contributed by atoms with Crippen molar-refractivity contribution in [1.29, 1.82) is 0 Å². The van der Waals surface area contributed by atoms with Crippen LogP contribution in [0.15, 0.2) is 95.9 Å². The molecule has 0 saturated carbocycles. The van der Waals surface area contributed by atoms with Crippen molar-refractivity contribution in [2.24, 2.45) is 0 Å². The zero-order valence-corrected chi connectivity index (χ0v) is 21.7. The van der Waals surface area contributed by atoms with Crippen molar-refractivity contribution in [3.8, 4) is 5.75 Å². The molecule has 0 saturated heterocycles. The molecule has 0 spiro atoms. The minimum atomic E-state index is -1.07. The van der Waals surface area contributed by atoms with Gasteiger partial charge < -0.3 is 25.8 Å². The number of urea groups is 1. The van der Waals surface area contributed by atoms with E-state index in [0.717, 1.165) is 5.56 Å². The number of carbonyl (C=O) groups excluding carboxylic acids is 2. The number of aromatic nitrogens is 1. The van der Waals surface area contributed by atoms with Gasteiger partial charge in [0.15, 0.2) is 0 Å². The Labute approximate surface area is 230 Å². The third kappa shape index (κ3) is 7.70. The first-order chi connectivity index (χ1) is 19.4. The molecule has 0 aliphatic rings. The zero-order valence-electron chi connectivity index (χ0n) is 21.7. The molecule has 0 bridgehead atoms. The van der Waals surface area contributed by atoms with Gasteiger partial charge in [-0.15, -0.1) is 0 Å². The molecule has 4 aromatic rings. The van der Waals surface area contributed by atoms with Crippen molar-refractivity contribution in [1.82, 2.24) is 20.4 Å². The summed E-state index contributed by atoms with van der Waals surface area (Å²) in [7, 11) is 0. The Morgan fingerprint density at radius 1 is 0.875 bits per heavy atom. The molecule has 40 heavy (non-hydrogen) atoms. The van der Waals surface area contributed by atoms with E-state index in [9.17, 15) is 24.3 Å². The van der Waals surface area contributed by atoms with Crippen molar-refractivity contribution in [3.05, 3.63) is 118 Å². The lowest BCUT2D eigenvalue weighted by Gasteiger charge is -2.17. The summed E-state index contributed by atoms with van der Waals surface area (Å²) in [6.07, 6.45) is 1.71. The van der Waals surface area contributed by atoms with Crippen LogP contribution >= 0.6 is 0 Å². The van der Waals surface area contributed by atoms with Crippen LogP contribution in [0.4, 0.5) is 4.79 Å². The van der Waals surface area contributed by atoms with Crippen molar-refractivity contribution in [3.63, 3.8) is 0 Å². The Balaban J connectivity index is 1.33. The Kier molecular flexibility index (Phi) is 9.49. The number of amides is 3. The Morgan fingerprint density at radius 2 is 1.57 bits per heavy atom. The van der Waals surface area contributed by atoms with Crippen LogP contribution < -0.4 is 26.2 Å². The summed E-state index contributed by atoms with van der Waals surface area (Å²) < 4.78 is 7.06. The van der Waals surface area contributed by atoms with Crippen LogP contribution in [0.1, 0.15) is 40.4 Å². The van der Waals surface area contributed by atoms with Gasteiger partial charge in [-0.25, -0.2) is 4.79 Å². The molecule has 4 N–H and O–H groups in total. The predicted molar refractivity (Wildman–Crippen MR) is 149 cm³/mol. The molecule has 0 aliphatic carbocycles. The van der Waals surface area contributed by atoms with E-state index >= 15 is 0 Å². The maximum atomic E-state index is 13.2. The maximum absolute atomic E-state index is 13.2. The molecule has 2 heterocycles. The van der Waals surface area contributed by atoms with Crippen LogP contribution in [-0.4, -0.2) is 40.6 Å².